The maximum Gasteiger partial charge on any atom is 0.254 e. The van der Waals surface area contributed by atoms with Crippen molar-refractivity contribution in [1.29, 1.82) is 0 Å². The highest BCUT2D eigenvalue weighted by atomic mass is 79.9. The molecule has 2 rings (SSSR count). The molecule has 0 saturated carbocycles. The Hall–Kier alpha value is -0.980. The molecule has 1 heterocycles. The second kappa shape index (κ2) is 5.77. The van der Waals surface area contributed by atoms with Crippen LogP contribution in [-0.4, -0.2) is 48.3 Å². The Morgan fingerprint density at radius 2 is 2.33 bits per heavy atom. The van der Waals surface area contributed by atoms with Crippen molar-refractivity contribution >= 4 is 21.8 Å². The molecule has 1 saturated heterocycles. The van der Waals surface area contributed by atoms with E-state index in [1.807, 2.05) is 0 Å². The molecule has 1 N–H and O–H groups in total. The van der Waals surface area contributed by atoms with Crippen molar-refractivity contribution in [2.24, 2.45) is 0 Å². The number of aliphatic hydroxyl groups excluding tert-OH is 1. The van der Waals surface area contributed by atoms with Gasteiger partial charge in [0.1, 0.15) is 5.82 Å². The van der Waals surface area contributed by atoms with Gasteiger partial charge in [-0.25, -0.2) is 4.39 Å². The monoisotopic (exact) mass is 317 g/mol. The van der Waals surface area contributed by atoms with Gasteiger partial charge in [0, 0.05) is 23.1 Å². The zero-order chi connectivity index (χ0) is 13.1. The number of hydrogen-bond acceptors (Lipinski definition) is 3. The van der Waals surface area contributed by atoms with Crippen LogP contribution in [0.5, 0.6) is 0 Å². The summed E-state index contributed by atoms with van der Waals surface area (Å²) in [5.74, 6) is -0.711. The molecule has 0 spiro atoms. The first kappa shape index (κ1) is 13.5. The number of morpholine rings is 1. The molecule has 6 heteroatoms. The van der Waals surface area contributed by atoms with Gasteiger partial charge in [-0.1, -0.05) is 15.9 Å². The number of rotatable bonds is 2. The van der Waals surface area contributed by atoms with E-state index < -0.39 is 5.82 Å². The van der Waals surface area contributed by atoms with Gasteiger partial charge in [-0.15, -0.1) is 0 Å². The average Bonchev–Trinajstić information content (AvgIpc) is 2.37. The van der Waals surface area contributed by atoms with E-state index in [0.29, 0.717) is 29.7 Å². The van der Waals surface area contributed by atoms with Gasteiger partial charge < -0.3 is 14.7 Å². The Balaban J connectivity index is 2.15. The van der Waals surface area contributed by atoms with Crippen LogP contribution in [-0.2, 0) is 4.74 Å². The summed E-state index contributed by atoms with van der Waals surface area (Å²) >= 11 is 3.16. The van der Waals surface area contributed by atoms with Crippen LogP contribution < -0.4 is 0 Å². The lowest BCUT2D eigenvalue weighted by molar-refractivity contribution is -0.0447. The quantitative estimate of drug-likeness (QED) is 0.897. The number of halogens is 2. The van der Waals surface area contributed by atoms with Crippen molar-refractivity contribution < 1.29 is 19.0 Å². The number of carbonyl (C=O) groups is 1. The third kappa shape index (κ3) is 3.07. The Bertz CT molecular complexity index is 435. The fraction of sp³-hybridized carbons (Fsp3) is 0.417. The summed E-state index contributed by atoms with van der Waals surface area (Å²) in [6, 6.07) is 4.08. The van der Waals surface area contributed by atoms with Crippen LogP contribution in [0.1, 0.15) is 10.4 Å². The fourth-order valence-electron chi connectivity index (χ4n) is 1.87. The summed E-state index contributed by atoms with van der Waals surface area (Å²) in [4.78, 5) is 13.7. The van der Waals surface area contributed by atoms with Crippen molar-refractivity contribution in [3.8, 4) is 0 Å². The topological polar surface area (TPSA) is 49.8 Å². The van der Waals surface area contributed by atoms with Crippen molar-refractivity contribution in [2.75, 3.05) is 26.3 Å². The number of nitrogens with zero attached hydrogens (tertiary/aromatic N) is 1. The van der Waals surface area contributed by atoms with Crippen molar-refractivity contribution in [2.45, 2.75) is 6.10 Å². The molecule has 0 aliphatic carbocycles. The predicted octanol–water partition coefficient (Wildman–Crippen LogP) is 1.42. The zero-order valence-corrected chi connectivity index (χ0v) is 11.2. The van der Waals surface area contributed by atoms with Crippen LogP contribution in [0.3, 0.4) is 0 Å². The number of amides is 1. The summed E-state index contributed by atoms with van der Waals surface area (Å²) in [5.41, 5.74) is 0.292. The van der Waals surface area contributed by atoms with E-state index in [1.165, 1.54) is 12.1 Å². The van der Waals surface area contributed by atoms with Gasteiger partial charge in [0.25, 0.3) is 5.91 Å². The molecule has 98 valence electrons. The molecule has 4 nitrogen and oxygen atoms in total. The summed E-state index contributed by atoms with van der Waals surface area (Å²) in [7, 11) is 0. The van der Waals surface area contributed by atoms with E-state index in [2.05, 4.69) is 15.9 Å². The molecule has 1 aromatic rings. The van der Waals surface area contributed by atoms with Gasteiger partial charge in [0.05, 0.1) is 19.3 Å². The SMILES string of the molecule is O=C(c1cc(F)cc(Br)c1)N1CCOC(CO)C1. The van der Waals surface area contributed by atoms with Gasteiger partial charge >= 0.3 is 0 Å². The molecular formula is C12H13BrFNO3. The number of benzene rings is 1. The lowest BCUT2D eigenvalue weighted by atomic mass is 10.1. The third-order valence-corrected chi connectivity index (χ3v) is 3.20. The predicted molar refractivity (Wildman–Crippen MR) is 66.8 cm³/mol. The largest absolute Gasteiger partial charge is 0.394 e. The van der Waals surface area contributed by atoms with E-state index in [-0.39, 0.29) is 18.6 Å². The first-order valence-corrected chi connectivity index (χ1v) is 6.37. The van der Waals surface area contributed by atoms with Gasteiger partial charge in [-0.2, -0.15) is 0 Å². The molecule has 1 atom stereocenters. The maximum atomic E-state index is 13.2. The minimum absolute atomic E-state index is 0.128. The Kier molecular flexibility index (Phi) is 4.31. The first-order chi connectivity index (χ1) is 8.60. The van der Waals surface area contributed by atoms with E-state index >= 15 is 0 Å². The maximum absolute atomic E-state index is 13.2. The molecule has 1 aliphatic heterocycles. The molecule has 18 heavy (non-hydrogen) atoms. The Morgan fingerprint density at radius 3 is 3.00 bits per heavy atom. The van der Waals surface area contributed by atoms with Crippen molar-refractivity contribution in [1.82, 2.24) is 4.90 Å². The van der Waals surface area contributed by atoms with Gasteiger partial charge in [0.2, 0.25) is 0 Å². The first-order valence-electron chi connectivity index (χ1n) is 5.58. The molecule has 0 radical (unpaired) electrons. The number of ether oxygens (including phenoxy) is 1. The van der Waals surface area contributed by atoms with Crippen LogP contribution in [0.15, 0.2) is 22.7 Å². The Morgan fingerprint density at radius 1 is 1.56 bits per heavy atom. The second-order valence-electron chi connectivity index (χ2n) is 4.08. The zero-order valence-electron chi connectivity index (χ0n) is 9.60. The normalized spacial score (nSPS) is 19.9. The highest BCUT2D eigenvalue weighted by molar-refractivity contribution is 9.10. The number of hydrogen-bond donors (Lipinski definition) is 1. The summed E-state index contributed by atoms with van der Waals surface area (Å²) in [6.45, 7) is 1.02. The highest BCUT2D eigenvalue weighted by Gasteiger charge is 2.24. The van der Waals surface area contributed by atoms with Crippen LogP contribution in [0.4, 0.5) is 4.39 Å². The van der Waals surface area contributed by atoms with E-state index in [1.54, 1.807) is 11.0 Å². The molecule has 0 aromatic heterocycles. The number of carbonyl (C=O) groups excluding carboxylic acids is 1. The van der Waals surface area contributed by atoms with Crippen molar-refractivity contribution in [3.63, 3.8) is 0 Å². The molecule has 1 aliphatic rings. The molecule has 0 bridgehead atoms. The van der Waals surface area contributed by atoms with Crippen LogP contribution in [0.2, 0.25) is 0 Å². The molecular weight excluding hydrogens is 305 g/mol. The Labute approximate surface area is 112 Å². The van der Waals surface area contributed by atoms with Crippen LogP contribution in [0, 0.1) is 5.82 Å². The van der Waals surface area contributed by atoms with Crippen molar-refractivity contribution in [3.05, 3.63) is 34.1 Å². The smallest absolute Gasteiger partial charge is 0.254 e. The highest BCUT2D eigenvalue weighted by Crippen LogP contribution is 2.17. The van der Waals surface area contributed by atoms with E-state index in [4.69, 9.17) is 9.84 Å². The van der Waals surface area contributed by atoms with E-state index in [9.17, 15) is 9.18 Å². The minimum atomic E-state index is -0.459. The summed E-state index contributed by atoms with van der Waals surface area (Å²) < 4.78 is 19.0. The third-order valence-electron chi connectivity index (χ3n) is 2.74. The standard InChI is InChI=1S/C12H13BrFNO3/c13-9-3-8(4-10(14)5-9)12(17)15-1-2-18-11(6-15)7-16/h3-5,11,16H,1-2,6-7H2. The molecule has 1 aromatic carbocycles. The average molecular weight is 318 g/mol. The van der Waals surface area contributed by atoms with Crippen LogP contribution in [0.25, 0.3) is 0 Å². The lowest BCUT2D eigenvalue weighted by Crippen LogP contribution is -2.46. The van der Waals surface area contributed by atoms with Gasteiger partial charge in [-0.3, -0.25) is 4.79 Å². The molecule has 1 unspecified atom stereocenters. The fourth-order valence-corrected chi connectivity index (χ4v) is 2.34. The summed E-state index contributed by atoms with van der Waals surface area (Å²) in [6.07, 6.45) is -0.361. The minimum Gasteiger partial charge on any atom is -0.394 e. The second-order valence-corrected chi connectivity index (χ2v) is 5.00. The van der Waals surface area contributed by atoms with Gasteiger partial charge in [-0.05, 0) is 18.2 Å². The lowest BCUT2D eigenvalue weighted by Gasteiger charge is -2.32. The number of aliphatic hydroxyl groups is 1. The van der Waals surface area contributed by atoms with E-state index in [0.717, 1.165) is 0 Å². The molecule has 1 fully saturated rings. The van der Waals surface area contributed by atoms with Gasteiger partial charge in [0.15, 0.2) is 0 Å². The van der Waals surface area contributed by atoms with Crippen LogP contribution >= 0.6 is 15.9 Å². The summed E-state index contributed by atoms with van der Waals surface area (Å²) in [5, 5.41) is 9.02. The molecule has 1 amide bonds.